The van der Waals surface area contributed by atoms with Gasteiger partial charge in [0.2, 0.25) is 0 Å². The highest BCUT2D eigenvalue weighted by Gasteiger charge is 2.17. The van der Waals surface area contributed by atoms with Crippen LogP contribution in [0, 0.1) is 0 Å². The second kappa shape index (κ2) is 11.0. The normalized spacial score (nSPS) is 11.4. The SMILES string of the molecule is CCC[C@H](NC(=O)COC(=O)c1ccc(OC)c(OCC)c1)c1ccccc1. The summed E-state index contributed by atoms with van der Waals surface area (Å²) in [7, 11) is 1.53. The quantitative estimate of drug-likeness (QED) is 0.628. The smallest absolute Gasteiger partial charge is 0.338 e. The number of hydrogen-bond acceptors (Lipinski definition) is 5. The Balaban J connectivity index is 1.96. The molecule has 6 nitrogen and oxygen atoms in total. The van der Waals surface area contributed by atoms with Crippen molar-refractivity contribution in [2.24, 2.45) is 0 Å². The van der Waals surface area contributed by atoms with Crippen LogP contribution in [-0.4, -0.2) is 32.2 Å². The third kappa shape index (κ3) is 6.01. The molecule has 150 valence electrons. The van der Waals surface area contributed by atoms with E-state index in [1.165, 1.54) is 7.11 Å². The van der Waals surface area contributed by atoms with E-state index < -0.39 is 5.97 Å². The van der Waals surface area contributed by atoms with Crippen LogP contribution in [0.25, 0.3) is 0 Å². The Hall–Kier alpha value is -3.02. The zero-order valence-electron chi connectivity index (χ0n) is 16.6. The first-order valence-corrected chi connectivity index (χ1v) is 9.41. The topological polar surface area (TPSA) is 73.9 Å². The van der Waals surface area contributed by atoms with Crippen molar-refractivity contribution in [3.05, 3.63) is 59.7 Å². The minimum absolute atomic E-state index is 0.108. The Morgan fingerprint density at radius 3 is 2.43 bits per heavy atom. The maximum Gasteiger partial charge on any atom is 0.338 e. The molecule has 28 heavy (non-hydrogen) atoms. The molecule has 6 heteroatoms. The van der Waals surface area contributed by atoms with Crippen molar-refractivity contribution in [1.29, 1.82) is 0 Å². The molecule has 1 N–H and O–H groups in total. The average Bonchev–Trinajstić information content (AvgIpc) is 2.72. The first-order valence-electron chi connectivity index (χ1n) is 9.41. The van der Waals surface area contributed by atoms with E-state index >= 15 is 0 Å². The molecule has 0 saturated heterocycles. The summed E-state index contributed by atoms with van der Waals surface area (Å²) in [5.41, 5.74) is 1.32. The Morgan fingerprint density at radius 2 is 1.79 bits per heavy atom. The van der Waals surface area contributed by atoms with E-state index in [0.29, 0.717) is 23.7 Å². The van der Waals surface area contributed by atoms with Gasteiger partial charge in [-0.2, -0.15) is 0 Å². The summed E-state index contributed by atoms with van der Waals surface area (Å²) in [4.78, 5) is 24.6. The summed E-state index contributed by atoms with van der Waals surface area (Å²) in [6, 6.07) is 14.4. The van der Waals surface area contributed by atoms with Gasteiger partial charge in [0.05, 0.1) is 25.3 Å². The molecule has 1 atom stereocenters. The van der Waals surface area contributed by atoms with E-state index in [-0.39, 0.29) is 18.6 Å². The number of esters is 1. The number of rotatable bonds is 10. The summed E-state index contributed by atoms with van der Waals surface area (Å²) in [6.07, 6.45) is 1.73. The van der Waals surface area contributed by atoms with Gasteiger partial charge < -0.3 is 19.5 Å². The maximum absolute atomic E-state index is 12.3. The minimum Gasteiger partial charge on any atom is -0.493 e. The molecule has 0 aliphatic rings. The lowest BCUT2D eigenvalue weighted by atomic mass is 10.0. The van der Waals surface area contributed by atoms with Gasteiger partial charge in [-0.15, -0.1) is 0 Å². The Kier molecular flexibility index (Phi) is 8.34. The molecule has 0 radical (unpaired) electrons. The third-order valence-electron chi connectivity index (χ3n) is 4.15. The van der Waals surface area contributed by atoms with Gasteiger partial charge in [-0.05, 0) is 37.1 Å². The van der Waals surface area contributed by atoms with Crippen LogP contribution in [0.2, 0.25) is 0 Å². The van der Waals surface area contributed by atoms with Gasteiger partial charge in [0, 0.05) is 0 Å². The molecule has 0 aliphatic heterocycles. The summed E-state index contributed by atoms with van der Waals surface area (Å²) in [5.74, 6) is 0.0529. The van der Waals surface area contributed by atoms with Gasteiger partial charge in [-0.1, -0.05) is 43.7 Å². The number of hydrogen-bond donors (Lipinski definition) is 1. The van der Waals surface area contributed by atoms with Crippen molar-refractivity contribution >= 4 is 11.9 Å². The van der Waals surface area contributed by atoms with Crippen LogP contribution in [0.5, 0.6) is 11.5 Å². The number of benzene rings is 2. The van der Waals surface area contributed by atoms with Gasteiger partial charge >= 0.3 is 5.97 Å². The van der Waals surface area contributed by atoms with Gasteiger partial charge in [0.25, 0.3) is 5.91 Å². The number of amides is 1. The van der Waals surface area contributed by atoms with E-state index in [0.717, 1.165) is 18.4 Å². The zero-order chi connectivity index (χ0) is 20.4. The molecule has 0 heterocycles. The van der Waals surface area contributed by atoms with Crippen molar-refractivity contribution in [3.63, 3.8) is 0 Å². The highest BCUT2D eigenvalue weighted by Crippen LogP contribution is 2.28. The van der Waals surface area contributed by atoms with Gasteiger partial charge in [0.1, 0.15) is 0 Å². The van der Waals surface area contributed by atoms with Crippen LogP contribution >= 0.6 is 0 Å². The van der Waals surface area contributed by atoms with Crippen LogP contribution in [0.15, 0.2) is 48.5 Å². The Morgan fingerprint density at radius 1 is 1.04 bits per heavy atom. The predicted octanol–water partition coefficient (Wildman–Crippen LogP) is 3.91. The van der Waals surface area contributed by atoms with Crippen LogP contribution in [0.4, 0.5) is 0 Å². The van der Waals surface area contributed by atoms with E-state index in [9.17, 15) is 9.59 Å². The molecule has 2 aromatic rings. The molecule has 0 unspecified atom stereocenters. The maximum atomic E-state index is 12.3. The second-order valence-electron chi connectivity index (χ2n) is 6.19. The lowest BCUT2D eigenvalue weighted by molar-refractivity contribution is -0.125. The van der Waals surface area contributed by atoms with Gasteiger partial charge in [-0.3, -0.25) is 4.79 Å². The molecule has 1 amide bonds. The first kappa shape index (κ1) is 21.3. The fourth-order valence-corrected chi connectivity index (χ4v) is 2.82. The van der Waals surface area contributed by atoms with Crippen molar-refractivity contribution in [2.75, 3.05) is 20.3 Å². The van der Waals surface area contributed by atoms with Crippen LogP contribution in [0.1, 0.15) is 48.7 Å². The molecule has 0 spiro atoms. The van der Waals surface area contributed by atoms with Gasteiger partial charge in [-0.25, -0.2) is 4.79 Å². The summed E-state index contributed by atoms with van der Waals surface area (Å²) >= 11 is 0. The number of nitrogens with one attached hydrogen (secondary N) is 1. The van der Waals surface area contributed by atoms with Crippen molar-refractivity contribution in [1.82, 2.24) is 5.32 Å². The molecule has 0 aromatic heterocycles. The third-order valence-corrected chi connectivity index (χ3v) is 4.15. The molecule has 2 aromatic carbocycles. The molecule has 0 aliphatic carbocycles. The standard InChI is InChI=1S/C22H27NO5/c1-4-9-18(16-10-7-6-8-11-16)23-21(24)15-28-22(25)17-12-13-19(26-3)20(14-17)27-5-2/h6-8,10-14,18H,4-5,9,15H2,1-3H3,(H,23,24)/t18-/m0/s1. The molecule has 0 saturated carbocycles. The lowest BCUT2D eigenvalue weighted by Gasteiger charge is -2.18. The second-order valence-corrected chi connectivity index (χ2v) is 6.19. The van der Waals surface area contributed by atoms with Crippen molar-refractivity contribution < 1.29 is 23.8 Å². The van der Waals surface area contributed by atoms with E-state index in [1.54, 1.807) is 18.2 Å². The van der Waals surface area contributed by atoms with Crippen molar-refractivity contribution in [2.45, 2.75) is 32.7 Å². The minimum atomic E-state index is -0.592. The van der Waals surface area contributed by atoms with Crippen molar-refractivity contribution in [3.8, 4) is 11.5 Å². The van der Waals surface area contributed by atoms with E-state index in [1.807, 2.05) is 37.3 Å². The fraction of sp³-hybridized carbons (Fsp3) is 0.364. The highest BCUT2D eigenvalue weighted by molar-refractivity contribution is 5.92. The number of methoxy groups -OCH3 is 1. The fourth-order valence-electron chi connectivity index (χ4n) is 2.82. The molecule has 0 bridgehead atoms. The largest absolute Gasteiger partial charge is 0.493 e. The summed E-state index contributed by atoms with van der Waals surface area (Å²) in [5, 5.41) is 2.93. The zero-order valence-corrected chi connectivity index (χ0v) is 16.6. The van der Waals surface area contributed by atoms with E-state index in [2.05, 4.69) is 12.2 Å². The lowest BCUT2D eigenvalue weighted by Crippen LogP contribution is -2.32. The molecular weight excluding hydrogens is 358 g/mol. The number of carbonyl (C=O) groups is 2. The predicted molar refractivity (Wildman–Crippen MR) is 107 cm³/mol. The number of carbonyl (C=O) groups excluding carboxylic acids is 2. The molecule has 2 rings (SSSR count). The first-order chi connectivity index (χ1) is 13.6. The van der Waals surface area contributed by atoms with E-state index in [4.69, 9.17) is 14.2 Å². The van der Waals surface area contributed by atoms with Crippen LogP contribution in [0.3, 0.4) is 0 Å². The van der Waals surface area contributed by atoms with Crippen LogP contribution < -0.4 is 14.8 Å². The average molecular weight is 385 g/mol. The Bertz CT molecular complexity index is 776. The monoisotopic (exact) mass is 385 g/mol. The Labute approximate surface area is 165 Å². The van der Waals surface area contributed by atoms with Crippen LogP contribution in [-0.2, 0) is 9.53 Å². The number of ether oxygens (including phenoxy) is 3. The van der Waals surface area contributed by atoms with Gasteiger partial charge in [0.15, 0.2) is 18.1 Å². The summed E-state index contributed by atoms with van der Waals surface area (Å²) < 4.78 is 15.8. The molecule has 0 fully saturated rings. The highest BCUT2D eigenvalue weighted by atomic mass is 16.5. The summed E-state index contributed by atoms with van der Waals surface area (Å²) in [6.45, 7) is 3.99. The molecular formula is C22H27NO5.